The molecule has 0 bridgehead atoms. The van der Waals surface area contributed by atoms with Crippen LogP contribution in [0.4, 0.5) is 0 Å². The minimum Gasteiger partial charge on any atom is -0.486 e. The van der Waals surface area contributed by atoms with Crippen LogP contribution in [0.1, 0.15) is 5.82 Å². The fourth-order valence-electron chi connectivity index (χ4n) is 1.80. The smallest absolute Gasteiger partial charge is 0.163 e. The maximum atomic E-state index is 5.52. The van der Waals surface area contributed by atoms with Gasteiger partial charge >= 0.3 is 0 Å². The normalized spacial score (nSPS) is 14.3. The molecule has 1 aliphatic rings. The van der Waals surface area contributed by atoms with E-state index in [4.69, 9.17) is 9.47 Å². The van der Waals surface area contributed by atoms with Gasteiger partial charge in [0.1, 0.15) is 19.0 Å². The van der Waals surface area contributed by atoms with E-state index >= 15 is 0 Å². The molecule has 4 nitrogen and oxygen atoms in total. The van der Waals surface area contributed by atoms with Crippen molar-refractivity contribution < 1.29 is 9.47 Å². The maximum Gasteiger partial charge on any atom is 0.163 e. The Bertz CT molecular complexity index is 481. The number of ether oxygens (including phenoxy) is 2. The van der Waals surface area contributed by atoms with Gasteiger partial charge in [-0.25, -0.2) is 4.98 Å². The Balaban J connectivity index is 2.09. The highest BCUT2D eigenvalue weighted by Gasteiger charge is 2.14. The summed E-state index contributed by atoms with van der Waals surface area (Å²) in [7, 11) is 0. The highest BCUT2D eigenvalue weighted by Crippen LogP contribution is 2.33. The molecule has 1 aliphatic heterocycles. The molecule has 1 aromatic heterocycles. The zero-order chi connectivity index (χ0) is 11.0. The number of benzene rings is 1. The number of hydrogen-bond donors (Lipinski definition) is 1. The van der Waals surface area contributed by atoms with Gasteiger partial charge in [0.25, 0.3) is 0 Å². The lowest BCUT2D eigenvalue weighted by Gasteiger charge is -2.17. The van der Waals surface area contributed by atoms with Crippen molar-refractivity contribution >= 4 is 22.8 Å². The number of imidazole rings is 1. The summed E-state index contributed by atoms with van der Waals surface area (Å²) in [6.07, 6.45) is 2.06. The molecule has 0 aliphatic carbocycles. The predicted octanol–water partition coefficient (Wildman–Crippen LogP) is 2.20. The van der Waals surface area contributed by atoms with Crippen LogP contribution in [0.15, 0.2) is 12.1 Å². The first-order chi connectivity index (χ1) is 7.86. The van der Waals surface area contributed by atoms with E-state index in [9.17, 15) is 0 Å². The van der Waals surface area contributed by atoms with Crippen LogP contribution in [0.25, 0.3) is 11.0 Å². The first kappa shape index (κ1) is 9.84. The van der Waals surface area contributed by atoms with Crippen molar-refractivity contribution in [2.75, 3.05) is 19.5 Å². The Morgan fingerprint density at radius 2 is 2.06 bits per heavy atom. The third-order valence-corrected chi connectivity index (χ3v) is 3.04. The Kier molecular flexibility index (Phi) is 2.40. The van der Waals surface area contributed by atoms with Crippen molar-refractivity contribution in [3.05, 3.63) is 18.0 Å². The van der Waals surface area contributed by atoms with Gasteiger partial charge in [0, 0.05) is 12.1 Å². The minimum atomic E-state index is 0.612. The molecule has 0 radical (unpaired) electrons. The molecule has 84 valence electrons. The van der Waals surface area contributed by atoms with Crippen LogP contribution < -0.4 is 9.47 Å². The van der Waals surface area contributed by atoms with Crippen LogP contribution in [0.3, 0.4) is 0 Å². The lowest BCUT2D eigenvalue weighted by molar-refractivity contribution is 0.172. The molecule has 2 aromatic rings. The molecule has 0 spiro atoms. The standard InChI is InChI=1S/C11H12N2O2S/c1-16-6-11-12-7-4-9-10(5-8(7)13-11)15-3-2-14-9/h4-5H,2-3,6H2,1H3,(H,12,13). The number of hydrogen-bond acceptors (Lipinski definition) is 4. The Labute approximate surface area is 97.3 Å². The van der Waals surface area contributed by atoms with E-state index in [2.05, 4.69) is 16.2 Å². The molecule has 16 heavy (non-hydrogen) atoms. The summed E-state index contributed by atoms with van der Waals surface area (Å²) in [5.74, 6) is 3.48. The Hall–Kier alpha value is -1.36. The number of H-pyrrole nitrogens is 1. The fraction of sp³-hybridized carbons (Fsp3) is 0.364. The van der Waals surface area contributed by atoms with E-state index in [1.54, 1.807) is 11.8 Å². The van der Waals surface area contributed by atoms with Crippen LogP contribution in [-0.4, -0.2) is 29.4 Å². The molecule has 0 saturated heterocycles. The molecular formula is C11H12N2O2S. The van der Waals surface area contributed by atoms with Crippen LogP contribution in [-0.2, 0) is 5.75 Å². The number of rotatable bonds is 2. The van der Waals surface area contributed by atoms with Crippen LogP contribution in [0.5, 0.6) is 11.5 Å². The van der Waals surface area contributed by atoms with Crippen molar-refractivity contribution in [2.45, 2.75) is 5.75 Å². The average molecular weight is 236 g/mol. The summed E-state index contributed by atoms with van der Waals surface area (Å²) in [6, 6.07) is 3.89. The van der Waals surface area contributed by atoms with Crippen molar-refractivity contribution in [3.63, 3.8) is 0 Å². The molecule has 0 atom stereocenters. The van der Waals surface area contributed by atoms with Gasteiger partial charge in [-0.2, -0.15) is 11.8 Å². The van der Waals surface area contributed by atoms with Crippen molar-refractivity contribution in [2.24, 2.45) is 0 Å². The molecule has 0 fully saturated rings. The molecule has 2 heterocycles. The second kappa shape index (κ2) is 3.90. The van der Waals surface area contributed by atoms with Crippen molar-refractivity contribution in [3.8, 4) is 11.5 Å². The third-order valence-electron chi connectivity index (χ3n) is 2.48. The zero-order valence-corrected chi connectivity index (χ0v) is 9.76. The maximum absolute atomic E-state index is 5.52. The van der Waals surface area contributed by atoms with Crippen molar-refractivity contribution in [1.82, 2.24) is 9.97 Å². The van der Waals surface area contributed by atoms with Gasteiger partial charge in [-0.15, -0.1) is 0 Å². The zero-order valence-electron chi connectivity index (χ0n) is 8.95. The van der Waals surface area contributed by atoms with Gasteiger partial charge in [0.05, 0.1) is 16.8 Å². The fourth-order valence-corrected chi connectivity index (χ4v) is 2.21. The summed E-state index contributed by atoms with van der Waals surface area (Å²) < 4.78 is 11.0. The summed E-state index contributed by atoms with van der Waals surface area (Å²) in [5, 5.41) is 0. The third kappa shape index (κ3) is 1.61. The monoisotopic (exact) mass is 236 g/mol. The highest BCUT2D eigenvalue weighted by molar-refractivity contribution is 7.97. The molecule has 1 aromatic carbocycles. The van der Waals surface area contributed by atoms with Gasteiger partial charge < -0.3 is 14.5 Å². The SMILES string of the molecule is CSCc1nc2cc3c(cc2[nH]1)OCCO3. The molecule has 0 saturated carbocycles. The van der Waals surface area contributed by atoms with Gasteiger partial charge in [0.15, 0.2) is 11.5 Å². The van der Waals surface area contributed by atoms with Crippen molar-refractivity contribution in [1.29, 1.82) is 0 Å². The van der Waals surface area contributed by atoms with Crippen LogP contribution in [0.2, 0.25) is 0 Å². The topological polar surface area (TPSA) is 47.1 Å². The first-order valence-corrected chi connectivity index (χ1v) is 6.53. The lowest BCUT2D eigenvalue weighted by atomic mass is 10.2. The van der Waals surface area contributed by atoms with Gasteiger partial charge in [-0.05, 0) is 6.26 Å². The Morgan fingerprint density at radius 3 is 2.81 bits per heavy atom. The number of thioether (sulfide) groups is 1. The van der Waals surface area contributed by atoms with Crippen LogP contribution >= 0.6 is 11.8 Å². The molecule has 1 N–H and O–H groups in total. The van der Waals surface area contributed by atoms with E-state index in [-0.39, 0.29) is 0 Å². The van der Waals surface area contributed by atoms with Gasteiger partial charge in [-0.3, -0.25) is 0 Å². The summed E-state index contributed by atoms with van der Waals surface area (Å²) >= 11 is 1.75. The highest BCUT2D eigenvalue weighted by atomic mass is 32.2. The predicted molar refractivity (Wildman–Crippen MR) is 64.3 cm³/mol. The van der Waals surface area contributed by atoms with E-state index < -0.39 is 0 Å². The van der Waals surface area contributed by atoms with Gasteiger partial charge in [0.2, 0.25) is 0 Å². The second-order valence-corrected chi connectivity index (χ2v) is 4.50. The number of aromatic nitrogens is 2. The number of nitrogens with one attached hydrogen (secondary N) is 1. The summed E-state index contributed by atoms with van der Waals surface area (Å²) in [5.41, 5.74) is 1.95. The minimum absolute atomic E-state index is 0.612. The van der Waals surface area contributed by atoms with E-state index in [1.807, 2.05) is 12.1 Å². The average Bonchev–Trinajstić information content (AvgIpc) is 2.67. The largest absolute Gasteiger partial charge is 0.486 e. The molecule has 5 heteroatoms. The summed E-state index contributed by atoms with van der Waals surface area (Å²) in [6.45, 7) is 1.23. The first-order valence-electron chi connectivity index (χ1n) is 5.14. The van der Waals surface area contributed by atoms with E-state index in [0.717, 1.165) is 34.1 Å². The molecular weight excluding hydrogens is 224 g/mol. The molecule has 0 unspecified atom stereocenters. The number of nitrogens with zero attached hydrogens (tertiary/aromatic N) is 1. The van der Waals surface area contributed by atoms with Crippen LogP contribution in [0, 0.1) is 0 Å². The van der Waals surface area contributed by atoms with E-state index in [1.165, 1.54) is 0 Å². The van der Waals surface area contributed by atoms with Gasteiger partial charge in [-0.1, -0.05) is 0 Å². The van der Waals surface area contributed by atoms with E-state index in [0.29, 0.717) is 13.2 Å². The molecule has 0 amide bonds. The number of aromatic amines is 1. The lowest BCUT2D eigenvalue weighted by Crippen LogP contribution is -2.15. The summed E-state index contributed by atoms with van der Waals surface area (Å²) in [4.78, 5) is 7.78. The second-order valence-electron chi connectivity index (χ2n) is 3.63. The quantitative estimate of drug-likeness (QED) is 0.868. The Morgan fingerprint density at radius 1 is 1.31 bits per heavy atom. The number of fused-ring (bicyclic) bond motifs is 2. The molecule has 3 rings (SSSR count).